The first-order valence-corrected chi connectivity index (χ1v) is 9.33. The minimum Gasteiger partial charge on any atom is -0.369 e. The Morgan fingerprint density at radius 1 is 1.30 bits per heavy atom. The highest BCUT2D eigenvalue weighted by Gasteiger charge is 2.30. The Balaban J connectivity index is 1.60. The fourth-order valence-corrected chi connectivity index (χ4v) is 3.55. The zero-order valence-electron chi connectivity index (χ0n) is 15.9. The van der Waals surface area contributed by atoms with Gasteiger partial charge in [-0.2, -0.15) is 5.10 Å². The molecule has 1 fully saturated rings. The molecule has 1 aromatic carbocycles. The van der Waals surface area contributed by atoms with E-state index in [2.05, 4.69) is 10.2 Å². The van der Waals surface area contributed by atoms with Gasteiger partial charge in [-0.3, -0.25) is 19.6 Å². The minimum atomic E-state index is -0.320. The van der Waals surface area contributed by atoms with Gasteiger partial charge in [-0.15, -0.1) is 0 Å². The van der Waals surface area contributed by atoms with Gasteiger partial charge in [0.15, 0.2) is 0 Å². The molecule has 1 aliphatic rings. The van der Waals surface area contributed by atoms with E-state index in [1.165, 1.54) is 0 Å². The number of rotatable bonds is 6. The Morgan fingerprint density at radius 2 is 1.96 bits per heavy atom. The number of piperidine rings is 1. The number of aromatic nitrogens is 2. The quantitative estimate of drug-likeness (QED) is 0.811. The Hall–Kier alpha value is -2.67. The third-order valence-corrected chi connectivity index (χ3v) is 5.36. The Bertz CT molecular complexity index is 781. The molecule has 3 N–H and O–H groups in total. The van der Waals surface area contributed by atoms with Crippen molar-refractivity contribution in [2.75, 3.05) is 26.7 Å². The first kappa shape index (κ1) is 19.1. The average molecular weight is 369 g/mol. The summed E-state index contributed by atoms with van der Waals surface area (Å²) in [6, 6.07) is 11.9. The van der Waals surface area contributed by atoms with Gasteiger partial charge in [-0.25, -0.2) is 0 Å². The van der Waals surface area contributed by atoms with Gasteiger partial charge in [0, 0.05) is 18.5 Å². The van der Waals surface area contributed by atoms with Gasteiger partial charge in [-0.1, -0.05) is 30.3 Å². The summed E-state index contributed by atoms with van der Waals surface area (Å²) in [6.45, 7) is 3.72. The molecule has 0 bridgehead atoms. The average Bonchev–Trinajstić information content (AvgIpc) is 3.17. The third kappa shape index (κ3) is 4.54. The lowest BCUT2D eigenvalue weighted by molar-refractivity contribution is -0.137. The van der Waals surface area contributed by atoms with Crippen LogP contribution in [-0.2, 0) is 9.59 Å². The molecule has 0 unspecified atom stereocenters. The van der Waals surface area contributed by atoms with E-state index in [1.54, 1.807) is 4.90 Å². The first-order chi connectivity index (χ1) is 13.0. The number of H-pyrrole nitrogens is 1. The van der Waals surface area contributed by atoms with Gasteiger partial charge in [0.25, 0.3) is 0 Å². The monoisotopic (exact) mass is 369 g/mol. The van der Waals surface area contributed by atoms with Crippen molar-refractivity contribution in [1.29, 1.82) is 0 Å². The zero-order valence-corrected chi connectivity index (χ0v) is 15.9. The van der Waals surface area contributed by atoms with Crippen LogP contribution in [0.2, 0.25) is 0 Å². The van der Waals surface area contributed by atoms with E-state index >= 15 is 0 Å². The van der Waals surface area contributed by atoms with Crippen LogP contribution >= 0.6 is 0 Å². The molecule has 1 aromatic heterocycles. The lowest BCUT2D eigenvalue weighted by Crippen LogP contribution is -2.44. The SMILES string of the molecule is C[C@H](c1cc(-c2ccccc2)n[nH]1)N(C)C(=O)C1CCN(CC(N)=O)CC1. The number of hydrogen-bond acceptors (Lipinski definition) is 4. The molecule has 2 aromatic rings. The van der Waals surface area contributed by atoms with E-state index in [4.69, 9.17) is 5.73 Å². The summed E-state index contributed by atoms with van der Waals surface area (Å²) in [5.74, 6) is -0.200. The van der Waals surface area contributed by atoms with Crippen LogP contribution in [0.25, 0.3) is 11.3 Å². The number of aromatic amines is 1. The molecule has 7 nitrogen and oxygen atoms in total. The van der Waals surface area contributed by atoms with Gasteiger partial charge in [-0.05, 0) is 38.9 Å². The maximum atomic E-state index is 12.9. The fourth-order valence-electron chi connectivity index (χ4n) is 3.55. The van der Waals surface area contributed by atoms with Gasteiger partial charge < -0.3 is 10.6 Å². The van der Waals surface area contributed by atoms with Crippen LogP contribution in [0.5, 0.6) is 0 Å². The molecule has 1 aliphatic heterocycles. The van der Waals surface area contributed by atoms with E-state index in [1.807, 2.05) is 55.3 Å². The van der Waals surface area contributed by atoms with Crippen molar-refractivity contribution >= 4 is 11.8 Å². The topological polar surface area (TPSA) is 95.3 Å². The van der Waals surface area contributed by atoms with Gasteiger partial charge in [0.1, 0.15) is 0 Å². The summed E-state index contributed by atoms with van der Waals surface area (Å²) in [5.41, 5.74) is 8.08. The maximum absolute atomic E-state index is 12.9. The van der Waals surface area contributed by atoms with Crippen LogP contribution in [0.1, 0.15) is 31.5 Å². The predicted octanol–water partition coefficient (Wildman–Crippen LogP) is 1.79. The molecule has 144 valence electrons. The van der Waals surface area contributed by atoms with Crippen molar-refractivity contribution in [2.24, 2.45) is 11.7 Å². The summed E-state index contributed by atoms with van der Waals surface area (Å²) in [7, 11) is 1.84. The van der Waals surface area contributed by atoms with Gasteiger partial charge in [0.05, 0.1) is 24.0 Å². The van der Waals surface area contributed by atoms with Crippen LogP contribution in [0.3, 0.4) is 0 Å². The lowest BCUT2D eigenvalue weighted by atomic mass is 9.94. The summed E-state index contributed by atoms with van der Waals surface area (Å²) in [4.78, 5) is 27.7. The van der Waals surface area contributed by atoms with E-state index in [0.29, 0.717) is 0 Å². The minimum absolute atomic E-state index is 0.0157. The molecule has 7 heteroatoms. The Morgan fingerprint density at radius 3 is 2.59 bits per heavy atom. The zero-order chi connectivity index (χ0) is 19.4. The second-order valence-electron chi connectivity index (χ2n) is 7.22. The number of nitrogens with one attached hydrogen (secondary N) is 1. The third-order valence-electron chi connectivity index (χ3n) is 5.36. The molecule has 27 heavy (non-hydrogen) atoms. The molecule has 2 amide bonds. The molecular weight excluding hydrogens is 342 g/mol. The summed E-state index contributed by atoms with van der Waals surface area (Å²) in [6.07, 6.45) is 1.50. The molecule has 0 saturated carbocycles. The number of likely N-dealkylation sites (tertiary alicyclic amines) is 1. The predicted molar refractivity (Wildman–Crippen MR) is 104 cm³/mol. The van der Waals surface area contributed by atoms with Crippen molar-refractivity contribution in [3.63, 3.8) is 0 Å². The molecule has 2 heterocycles. The van der Waals surface area contributed by atoms with Gasteiger partial charge >= 0.3 is 0 Å². The number of carbonyl (C=O) groups excluding carboxylic acids is 2. The molecule has 0 radical (unpaired) electrons. The second-order valence-corrected chi connectivity index (χ2v) is 7.22. The molecule has 1 saturated heterocycles. The highest BCUT2D eigenvalue weighted by Crippen LogP contribution is 2.26. The van der Waals surface area contributed by atoms with Crippen LogP contribution in [0.15, 0.2) is 36.4 Å². The summed E-state index contributed by atoms with van der Waals surface area (Å²) < 4.78 is 0. The highest BCUT2D eigenvalue weighted by molar-refractivity contribution is 5.79. The van der Waals surface area contributed by atoms with E-state index in [-0.39, 0.29) is 30.3 Å². The number of carbonyl (C=O) groups is 2. The standard InChI is InChI=1S/C20H27N5O2/c1-14(17-12-18(23-22-17)15-6-4-3-5-7-15)24(2)20(27)16-8-10-25(11-9-16)13-19(21)26/h3-7,12,14,16H,8-11,13H2,1-2H3,(H2,21,26)(H,22,23)/t14-/m1/s1. The smallest absolute Gasteiger partial charge is 0.231 e. The largest absolute Gasteiger partial charge is 0.369 e. The Kier molecular flexibility index (Phi) is 5.91. The molecule has 1 atom stereocenters. The van der Waals surface area contributed by atoms with Crippen molar-refractivity contribution in [3.05, 3.63) is 42.1 Å². The molecule has 3 rings (SSSR count). The Labute approximate surface area is 159 Å². The van der Waals surface area contributed by atoms with Crippen LogP contribution in [0, 0.1) is 5.92 Å². The van der Waals surface area contributed by atoms with Crippen molar-refractivity contribution in [2.45, 2.75) is 25.8 Å². The van der Waals surface area contributed by atoms with Crippen molar-refractivity contribution in [3.8, 4) is 11.3 Å². The fraction of sp³-hybridized carbons (Fsp3) is 0.450. The highest BCUT2D eigenvalue weighted by atomic mass is 16.2. The number of benzene rings is 1. The van der Waals surface area contributed by atoms with Crippen molar-refractivity contribution < 1.29 is 9.59 Å². The number of amides is 2. The van der Waals surface area contributed by atoms with E-state index < -0.39 is 0 Å². The van der Waals surface area contributed by atoms with Gasteiger partial charge in [0.2, 0.25) is 11.8 Å². The normalized spacial score (nSPS) is 16.8. The number of hydrogen-bond donors (Lipinski definition) is 2. The first-order valence-electron chi connectivity index (χ1n) is 9.33. The number of primary amides is 1. The van der Waals surface area contributed by atoms with E-state index in [9.17, 15) is 9.59 Å². The molecular formula is C20H27N5O2. The van der Waals surface area contributed by atoms with Crippen LogP contribution in [-0.4, -0.2) is 58.5 Å². The second kappa shape index (κ2) is 8.35. The molecule has 0 spiro atoms. The maximum Gasteiger partial charge on any atom is 0.231 e. The number of nitrogens with zero attached hydrogens (tertiary/aromatic N) is 3. The molecule has 0 aliphatic carbocycles. The summed E-state index contributed by atoms with van der Waals surface area (Å²) >= 11 is 0. The lowest BCUT2D eigenvalue weighted by Gasteiger charge is -2.34. The van der Waals surface area contributed by atoms with Crippen LogP contribution in [0.4, 0.5) is 0 Å². The van der Waals surface area contributed by atoms with Crippen LogP contribution < -0.4 is 5.73 Å². The van der Waals surface area contributed by atoms with Crippen molar-refractivity contribution in [1.82, 2.24) is 20.0 Å². The summed E-state index contributed by atoms with van der Waals surface area (Å²) in [5, 5.41) is 7.45. The number of nitrogens with two attached hydrogens (primary N) is 1. The van der Waals surface area contributed by atoms with E-state index in [0.717, 1.165) is 42.9 Å².